The van der Waals surface area contributed by atoms with Gasteiger partial charge in [-0.1, -0.05) is 12.2 Å². The fourth-order valence-corrected chi connectivity index (χ4v) is 2.36. The smallest absolute Gasteiger partial charge is 0.258 e. The third kappa shape index (κ3) is 4.68. The van der Waals surface area contributed by atoms with Crippen LogP contribution in [-0.2, 0) is 9.53 Å². The first-order valence-corrected chi connectivity index (χ1v) is 7.37. The zero-order valence-corrected chi connectivity index (χ0v) is 12.8. The van der Waals surface area contributed by atoms with Gasteiger partial charge in [-0.15, -0.1) is 0 Å². The lowest BCUT2D eigenvalue weighted by Crippen LogP contribution is -2.40. The van der Waals surface area contributed by atoms with Gasteiger partial charge in [-0.25, -0.2) is 0 Å². The van der Waals surface area contributed by atoms with E-state index in [4.69, 9.17) is 27.4 Å². The molecule has 21 heavy (non-hydrogen) atoms. The van der Waals surface area contributed by atoms with Crippen molar-refractivity contribution in [2.75, 3.05) is 19.8 Å². The quantitative estimate of drug-likeness (QED) is 0.774. The highest BCUT2D eigenvalue weighted by Crippen LogP contribution is 2.16. The molecule has 0 radical (unpaired) electrons. The van der Waals surface area contributed by atoms with Crippen LogP contribution in [0.5, 0.6) is 5.75 Å². The Morgan fingerprint density at radius 2 is 2.24 bits per heavy atom. The molecule has 0 aliphatic carbocycles. The molecule has 2 atom stereocenters. The molecule has 1 heterocycles. The molecule has 1 aliphatic rings. The molecule has 2 unspecified atom stereocenters. The van der Waals surface area contributed by atoms with Crippen LogP contribution in [0.4, 0.5) is 0 Å². The summed E-state index contributed by atoms with van der Waals surface area (Å²) in [5.41, 5.74) is 6.29. The highest BCUT2D eigenvalue weighted by Gasteiger charge is 2.23. The molecule has 1 aromatic carbocycles. The summed E-state index contributed by atoms with van der Waals surface area (Å²) in [7, 11) is 0. The van der Waals surface area contributed by atoms with Crippen LogP contribution in [0.1, 0.15) is 18.9 Å². The van der Waals surface area contributed by atoms with Crippen molar-refractivity contribution in [3.05, 3.63) is 29.8 Å². The Balaban J connectivity index is 1.76. The average Bonchev–Trinajstić information content (AvgIpc) is 3.00. The molecule has 0 bridgehead atoms. The van der Waals surface area contributed by atoms with Gasteiger partial charge in [0.15, 0.2) is 6.61 Å². The monoisotopic (exact) mass is 308 g/mol. The maximum absolute atomic E-state index is 11.8. The van der Waals surface area contributed by atoms with E-state index in [0.29, 0.717) is 23.3 Å². The van der Waals surface area contributed by atoms with Gasteiger partial charge in [0.25, 0.3) is 5.91 Å². The zero-order valence-electron chi connectivity index (χ0n) is 12.0. The molecule has 5 nitrogen and oxygen atoms in total. The maximum Gasteiger partial charge on any atom is 0.258 e. The maximum atomic E-state index is 11.8. The van der Waals surface area contributed by atoms with Gasteiger partial charge in [-0.3, -0.25) is 4.79 Å². The lowest BCUT2D eigenvalue weighted by molar-refractivity contribution is -0.124. The van der Waals surface area contributed by atoms with E-state index in [9.17, 15) is 4.79 Å². The molecule has 1 aromatic rings. The first-order valence-electron chi connectivity index (χ1n) is 6.96. The van der Waals surface area contributed by atoms with Crippen molar-refractivity contribution in [1.29, 1.82) is 0 Å². The first-order chi connectivity index (χ1) is 10.1. The number of hydrogen-bond donors (Lipinski definition) is 2. The summed E-state index contributed by atoms with van der Waals surface area (Å²) in [4.78, 5) is 12.2. The Kier molecular flexibility index (Phi) is 5.52. The van der Waals surface area contributed by atoms with Gasteiger partial charge in [0.2, 0.25) is 0 Å². The summed E-state index contributed by atoms with van der Waals surface area (Å²) in [6, 6.07) is 7.13. The third-order valence-corrected chi connectivity index (χ3v) is 3.81. The van der Waals surface area contributed by atoms with Crippen LogP contribution in [0, 0.1) is 5.92 Å². The molecular weight excluding hydrogens is 288 g/mol. The van der Waals surface area contributed by atoms with Crippen LogP contribution in [0.3, 0.4) is 0 Å². The number of rotatable bonds is 6. The van der Waals surface area contributed by atoms with E-state index in [1.165, 1.54) is 0 Å². The lowest BCUT2D eigenvalue weighted by Gasteiger charge is -2.19. The molecule has 1 fully saturated rings. The Labute approximate surface area is 129 Å². The fourth-order valence-electron chi connectivity index (χ4n) is 2.22. The zero-order chi connectivity index (χ0) is 15.2. The Morgan fingerprint density at radius 3 is 2.81 bits per heavy atom. The molecule has 1 amide bonds. The van der Waals surface area contributed by atoms with Gasteiger partial charge in [-0.2, -0.15) is 0 Å². The highest BCUT2D eigenvalue weighted by atomic mass is 32.1. The number of hydrogen-bond acceptors (Lipinski definition) is 4. The first kappa shape index (κ1) is 15.7. The summed E-state index contributed by atoms with van der Waals surface area (Å²) in [5, 5.41) is 2.94. The summed E-state index contributed by atoms with van der Waals surface area (Å²) in [6.45, 7) is 3.47. The van der Waals surface area contributed by atoms with Crippen molar-refractivity contribution >= 4 is 23.1 Å². The summed E-state index contributed by atoms with van der Waals surface area (Å²) >= 11 is 4.87. The Bertz CT molecular complexity index is 498. The summed E-state index contributed by atoms with van der Waals surface area (Å²) in [6.07, 6.45) is 0.989. The van der Waals surface area contributed by atoms with Crippen molar-refractivity contribution < 1.29 is 14.3 Å². The Hall–Kier alpha value is -1.66. The molecule has 1 saturated heterocycles. The molecule has 114 valence electrons. The fraction of sp³-hybridized carbons (Fsp3) is 0.467. The average molecular weight is 308 g/mol. The van der Waals surface area contributed by atoms with Crippen LogP contribution in [0.15, 0.2) is 24.3 Å². The number of carbonyl (C=O) groups excluding carboxylic acids is 1. The van der Waals surface area contributed by atoms with Crippen molar-refractivity contribution in [3.63, 3.8) is 0 Å². The van der Waals surface area contributed by atoms with Crippen LogP contribution in [0.25, 0.3) is 0 Å². The number of nitrogens with one attached hydrogen (secondary N) is 1. The van der Waals surface area contributed by atoms with E-state index in [1.54, 1.807) is 24.3 Å². The van der Waals surface area contributed by atoms with E-state index >= 15 is 0 Å². The normalized spacial score (nSPS) is 19.0. The standard InChI is InChI=1S/C15H20N2O3S/c1-10(12-6-7-19-8-12)17-14(18)9-20-13-4-2-11(3-5-13)15(16)21/h2-5,10,12H,6-9H2,1H3,(H2,16,21)(H,17,18). The molecule has 0 spiro atoms. The van der Waals surface area contributed by atoms with Gasteiger partial charge >= 0.3 is 0 Å². The lowest BCUT2D eigenvalue weighted by atomic mass is 10.0. The minimum atomic E-state index is -0.132. The predicted octanol–water partition coefficient (Wildman–Crippen LogP) is 1.24. The number of thiocarbonyl (C=S) groups is 1. The van der Waals surface area contributed by atoms with Crippen molar-refractivity contribution in [2.45, 2.75) is 19.4 Å². The molecule has 6 heteroatoms. The van der Waals surface area contributed by atoms with Crippen molar-refractivity contribution in [2.24, 2.45) is 11.7 Å². The second kappa shape index (κ2) is 7.38. The third-order valence-electron chi connectivity index (χ3n) is 3.57. The van der Waals surface area contributed by atoms with Gasteiger partial charge in [-0.05, 0) is 37.6 Å². The number of amides is 1. The van der Waals surface area contributed by atoms with Crippen molar-refractivity contribution in [1.82, 2.24) is 5.32 Å². The van der Waals surface area contributed by atoms with E-state index in [-0.39, 0.29) is 18.6 Å². The van der Waals surface area contributed by atoms with E-state index in [1.807, 2.05) is 6.92 Å². The van der Waals surface area contributed by atoms with Gasteiger partial charge in [0, 0.05) is 24.1 Å². The Morgan fingerprint density at radius 1 is 1.52 bits per heavy atom. The molecule has 0 saturated carbocycles. The number of carbonyl (C=O) groups is 1. The highest BCUT2D eigenvalue weighted by molar-refractivity contribution is 7.80. The van der Waals surface area contributed by atoms with E-state index in [0.717, 1.165) is 18.6 Å². The van der Waals surface area contributed by atoms with Gasteiger partial charge in [0.05, 0.1) is 6.61 Å². The number of benzene rings is 1. The summed E-state index contributed by atoms with van der Waals surface area (Å²) in [5.74, 6) is 0.869. The van der Waals surface area contributed by atoms with Crippen LogP contribution < -0.4 is 15.8 Å². The molecule has 2 rings (SSSR count). The minimum Gasteiger partial charge on any atom is -0.484 e. The molecule has 0 aromatic heterocycles. The van der Waals surface area contributed by atoms with Crippen LogP contribution >= 0.6 is 12.2 Å². The van der Waals surface area contributed by atoms with Gasteiger partial charge < -0.3 is 20.5 Å². The van der Waals surface area contributed by atoms with E-state index in [2.05, 4.69) is 5.32 Å². The van der Waals surface area contributed by atoms with Crippen LogP contribution in [0.2, 0.25) is 0 Å². The molecular formula is C15H20N2O3S. The molecule has 1 aliphatic heterocycles. The second-order valence-electron chi connectivity index (χ2n) is 5.16. The van der Waals surface area contributed by atoms with Crippen molar-refractivity contribution in [3.8, 4) is 5.75 Å². The molecule has 3 N–H and O–H groups in total. The number of nitrogens with two attached hydrogens (primary N) is 1. The second-order valence-corrected chi connectivity index (χ2v) is 5.60. The van der Waals surface area contributed by atoms with Crippen LogP contribution in [-0.4, -0.2) is 36.8 Å². The van der Waals surface area contributed by atoms with Gasteiger partial charge in [0.1, 0.15) is 10.7 Å². The predicted molar refractivity (Wildman–Crippen MR) is 84.4 cm³/mol. The van der Waals surface area contributed by atoms with E-state index < -0.39 is 0 Å². The SMILES string of the molecule is CC(NC(=O)COc1ccc(C(N)=S)cc1)C1CCOC1. The number of ether oxygens (including phenoxy) is 2. The topological polar surface area (TPSA) is 73.6 Å². The largest absolute Gasteiger partial charge is 0.484 e. The summed E-state index contributed by atoms with van der Waals surface area (Å²) < 4.78 is 10.8. The minimum absolute atomic E-state index is 0.00959.